The van der Waals surface area contributed by atoms with E-state index >= 15 is 0 Å². The van der Waals surface area contributed by atoms with Crippen LogP contribution in [0.3, 0.4) is 0 Å². The Morgan fingerprint density at radius 1 is 0.821 bits per heavy atom. The summed E-state index contributed by atoms with van der Waals surface area (Å²) in [6.07, 6.45) is 0.542. The number of nitrogens with zero attached hydrogens (tertiary/aromatic N) is 2. The maximum Gasteiger partial charge on any atom is 0.252 e. The average Bonchev–Trinajstić information content (AvgIpc) is 3.50. The summed E-state index contributed by atoms with van der Waals surface area (Å²) in [6.45, 7) is 3.68. The number of nitrogens with one attached hydrogen (secondary N) is 2. The molecule has 0 aromatic heterocycles. The molecule has 3 unspecified atom stereocenters. The molecule has 2 N–H and O–H groups in total. The molecule has 0 bridgehead atoms. The summed E-state index contributed by atoms with van der Waals surface area (Å²) in [6, 6.07) is 14.5. The second-order valence-electron chi connectivity index (χ2n) is 9.22. The van der Waals surface area contributed by atoms with E-state index in [9.17, 15) is 19.2 Å². The minimum absolute atomic E-state index is 0.195. The Morgan fingerprint density at radius 2 is 1.21 bits per heavy atom. The Morgan fingerprint density at radius 3 is 1.54 bits per heavy atom. The lowest BCUT2D eigenvalue weighted by Gasteiger charge is -2.31. The van der Waals surface area contributed by atoms with Gasteiger partial charge in [-0.3, -0.25) is 30.0 Å². The highest BCUT2D eigenvalue weighted by Crippen LogP contribution is 2.39. The largest absolute Gasteiger partial charge is 0.497 e. The number of hydrogen-bond acceptors (Lipinski definition) is 8. The van der Waals surface area contributed by atoms with Crippen LogP contribution in [0.2, 0.25) is 0 Å². The fourth-order valence-electron chi connectivity index (χ4n) is 4.37. The van der Waals surface area contributed by atoms with Crippen molar-refractivity contribution >= 4 is 47.2 Å². The minimum Gasteiger partial charge on any atom is -0.497 e. The van der Waals surface area contributed by atoms with Crippen molar-refractivity contribution in [3.8, 4) is 11.5 Å². The van der Waals surface area contributed by atoms with E-state index in [-0.39, 0.29) is 29.2 Å². The maximum atomic E-state index is 13.5. The summed E-state index contributed by atoms with van der Waals surface area (Å²) in [5.74, 6) is -1.45. The molecule has 2 aliphatic heterocycles. The number of thioether (sulfide) groups is 2. The molecule has 3 atom stereocenters. The normalized spacial score (nSPS) is 20.5. The average molecular weight is 573 g/mol. The van der Waals surface area contributed by atoms with Crippen molar-refractivity contribution in [3.05, 3.63) is 59.7 Å². The Labute approximate surface area is 236 Å². The van der Waals surface area contributed by atoms with Gasteiger partial charge in [0.15, 0.2) is 0 Å². The molecule has 0 radical (unpaired) electrons. The van der Waals surface area contributed by atoms with Crippen LogP contribution < -0.4 is 20.3 Å². The van der Waals surface area contributed by atoms with E-state index in [1.54, 1.807) is 45.4 Å². The van der Waals surface area contributed by atoms with Crippen LogP contribution in [-0.2, 0) is 19.2 Å². The van der Waals surface area contributed by atoms with Crippen LogP contribution in [0, 0.1) is 11.8 Å². The zero-order chi connectivity index (χ0) is 28.1. The van der Waals surface area contributed by atoms with Crippen LogP contribution >= 0.6 is 23.5 Å². The molecule has 0 saturated carbocycles. The van der Waals surface area contributed by atoms with Gasteiger partial charge in [-0.2, -0.15) is 0 Å². The number of hydrazine groups is 2. The lowest BCUT2D eigenvalue weighted by Crippen LogP contribution is -2.54. The van der Waals surface area contributed by atoms with Crippen molar-refractivity contribution in [3.63, 3.8) is 0 Å². The van der Waals surface area contributed by atoms with Crippen LogP contribution in [0.1, 0.15) is 42.1 Å². The van der Waals surface area contributed by atoms with Gasteiger partial charge in [-0.1, -0.05) is 44.5 Å². The summed E-state index contributed by atoms with van der Waals surface area (Å²) < 4.78 is 10.4. The van der Waals surface area contributed by atoms with Crippen molar-refractivity contribution in [2.24, 2.45) is 11.8 Å². The molecule has 2 saturated heterocycles. The molecule has 12 heteroatoms. The van der Waals surface area contributed by atoms with Gasteiger partial charge >= 0.3 is 0 Å². The van der Waals surface area contributed by atoms with Crippen LogP contribution in [0.4, 0.5) is 0 Å². The molecule has 4 rings (SSSR count). The van der Waals surface area contributed by atoms with E-state index in [0.717, 1.165) is 11.1 Å². The van der Waals surface area contributed by atoms with Gasteiger partial charge in [-0.15, -0.1) is 23.5 Å². The fraction of sp³-hybridized carbons (Fsp3) is 0.407. The zero-order valence-electron chi connectivity index (χ0n) is 22.2. The second kappa shape index (κ2) is 12.6. The van der Waals surface area contributed by atoms with Crippen molar-refractivity contribution in [1.29, 1.82) is 0 Å². The molecule has 39 heavy (non-hydrogen) atoms. The molecule has 2 heterocycles. The number of amides is 4. The molecule has 2 aromatic rings. The molecular weight excluding hydrogens is 540 g/mol. The van der Waals surface area contributed by atoms with Gasteiger partial charge in [-0.25, -0.2) is 10.0 Å². The van der Waals surface area contributed by atoms with Gasteiger partial charge in [0.05, 0.1) is 25.7 Å². The lowest BCUT2D eigenvalue weighted by molar-refractivity contribution is -0.150. The van der Waals surface area contributed by atoms with Gasteiger partial charge < -0.3 is 9.47 Å². The van der Waals surface area contributed by atoms with Crippen molar-refractivity contribution in [2.45, 2.75) is 31.0 Å². The number of benzene rings is 2. The number of rotatable bonds is 10. The Kier molecular flexibility index (Phi) is 9.28. The summed E-state index contributed by atoms with van der Waals surface area (Å²) in [7, 11) is 3.14. The van der Waals surface area contributed by atoms with E-state index in [2.05, 4.69) is 10.9 Å². The number of carbonyl (C=O) groups is 4. The summed E-state index contributed by atoms with van der Waals surface area (Å²) in [4.78, 5) is 52.5. The Bertz CT molecular complexity index is 1120. The van der Waals surface area contributed by atoms with Crippen molar-refractivity contribution < 1.29 is 28.7 Å². The third kappa shape index (κ3) is 6.27. The molecule has 208 valence electrons. The van der Waals surface area contributed by atoms with Crippen molar-refractivity contribution in [1.82, 2.24) is 20.9 Å². The molecule has 2 fully saturated rings. The van der Waals surface area contributed by atoms with Gasteiger partial charge in [0.1, 0.15) is 28.2 Å². The predicted octanol–water partition coefficient (Wildman–Crippen LogP) is 3.28. The quantitative estimate of drug-likeness (QED) is 0.417. The second-order valence-corrected chi connectivity index (χ2v) is 11.4. The lowest BCUT2D eigenvalue weighted by atomic mass is 9.90. The SMILES string of the molecule is CCC(C)C(C(=O)NN1C(=O)CSC1c1ccc(OC)cc1)C(=O)NN1C(=O)CSC1c1ccc(OC)cc1. The predicted molar refractivity (Wildman–Crippen MR) is 149 cm³/mol. The molecular formula is C27H32N4O6S2. The number of methoxy groups -OCH3 is 2. The topological polar surface area (TPSA) is 117 Å². The third-order valence-corrected chi connectivity index (χ3v) is 9.20. The highest BCUT2D eigenvalue weighted by Gasteiger charge is 2.41. The first-order valence-electron chi connectivity index (χ1n) is 12.5. The first-order chi connectivity index (χ1) is 18.8. The molecule has 2 aliphatic rings. The van der Waals surface area contributed by atoms with Crippen LogP contribution in [0.25, 0.3) is 0 Å². The zero-order valence-corrected chi connectivity index (χ0v) is 23.8. The highest BCUT2D eigenvalue weighted by molar-refractivity contribution is 8.00. The number of hydrogen-bond donors (Lipinski definition) is 2. The smallest absolute Gasteiger partial charge is 0.252 e. The first kappa shape index (κ1) is 28.6. The highest BCUT2D eigenvalue weighted by atomic mass is 32.2. The number of ether oxygens (including phenoxy) is 2. The maximum absolute atomic E-state index is 13.5. The molecule has 4 amide bonds. The third-order valence-electron chi connectivity index (χ3n) is 6.78. The Balaban J connectivity index is 1.50. The Hall–Kier alpha value is -3.38. The summed E-state index contributed by atoms with van der Waals surface area (Å²) >= 11 is 2.77. The summed E-state index contributed by atoms with van der Waals surface area (Å²) in [5.41, 5.74) is 7.04. The van der Waals surface area contributed by atoms with Gasteiger partial charge in [-0.05, 0) is 41.3 Å². The van der Waals surface area contributed by atoms with Gasteiger partial charge in [0, 0.05) is 0 Å². The van der Waals surface area contributed by atoms with E-state index in [1.165, 1.54) is 33.5 Å². The molecule has 0 aliphatic carbocycles. The molecule has 2 aromatic carbocycles. The summed E-state index contributed by atoms with van der Waals surface area (Å²) in [5, 5.41) is 1.69. The van der Waals surface area contributed by atoms with Crippen LogP contribution in [0.5, 0.6) is 11.5 Å². The van der Waals surface area contributed by atoms with E-state index < -0.39 is 28.5 Å². The van der Waals surface area contributed by atoms with Crippen LogP contribution in [-0.4, -0.2) is 59.4 Å². The van der Waals surface area contributed by atoms with E-state index in [1.807, 2.05) is 31.2 Å². The molecule has 10 nitrogen and oxygen atoms in total. The van der Waals surface area contributed by atoms with Gasteiger partial charge in [0.2, 0.25) is 0 Å². The number of carbonyl (C=O) groups excluding carboxylic acids is 4. The molecule has 0 spiro atoms. The fourth-order valence-corrected chi connectivity index (χ4v) is 6.58. The van der Waals surface area contributed by atoms with Crippen LogP contribution in [0.15, 0.2) is 48.5 Å². The standard InChI is InChI=1S/C27H32N4O6S2/c1-5-16(2)23(24(34)28-30-21(32)14-38-26(30)17-6-10-19(36-3)11-7-17)25(35)29-31-22(33)15-39-27(31)18-8-12-20(37-4)13-9-18/h6-13,16,23,26-27H,5,14-15H2,1-4H3,(H,28,34)(H,29,35). The van der Waals surface area contributed by atoms with E-state index in [0.29, 0.717) is 17.9 Å². The van der Waals surface area contributed by atoms with Gasteiger partial charge in [0.25, 0.3) is 23.6 Å². The monoisotopic (exact) mass is 572 g/mol. The van der Waals surface area contributed by atoms with Crippen molar-refractivity contribution in [2.75, 3.05) is 25.7 Å². The van der Waals surface area contributed by atoms with E-state index in [4.69, 9.17) is 9.47 Å². The minimum atomic E-state index is -1.13. The first-order valence-corrected chi connectivity index (χ1v) is 14.6.